The molecule has 2 aliphatic carbocycles. The molecule has 6 rings (SSSR count). The lowest BCUT2D eigenvalue weighted by Crippen LogP contribution is -2.51. The highest BCUT2D eigenvalue weighted by atomic mass is 16.7. The van der Waals surface area contributed by atoms with Crippen molar-refractivity contribution in [3.8, 4) is 11.5 Å². The number of fused-ring (bicyclic) bond motifs is 6. The van der Waals surface area contributed by atoms with Gasteiger partial charge in [-0.25, -0.2) is 0 Å². The molecule has 0 unspecified atom stereocenters. The van der Waals surface area contributed by atoms with Crippen LogP contribution in [0, 0.1) is 23.7 Å². The molecule has 8 heteroatoms. The van der Waals surface area contributed by atoms with E-state index in [9.17, 15) is 14.4 Å². The van der Waals surface area contributed by atoms with Gasteiger partial charge in [-0.3, -0.25) is 24.2 Å². The number of hydrogen-bond donors (Lipinski definition) is 0. The number of rotatable bonds is 4. The minimum Gasteiger partial charge on any atom is -0.454 e. The number of ether oxygens (including phenoxy) is 2. The van der Waals surface area contributed by atoms with Gasteiger partial charge < -0.3 is 14.4 Å². The molecule has 8 nitrogen and oxygen atoms in total. The van der Waals surface area contributed by atoms with Crippen LogP contribution in [-0.4, -0.2) is 71.9 Å². The van der Waals surface area contributed by atoms with Crippen LogP contribution in [0.1, 0.15) is 12.0 Å². The van der Waals surface area contributed by atoms with E-state index in [1.54, 1.807) is 4.90 Å². The van der Waals surface area contributed by atoms with E-state index in [2.05, 4.69) is 17.1 Å². The number of allylic oxidation sites excluding steroid dienone is 2. The van der Waals surface area contributed by atoms with E-state index in [0.717, 1.165) is 43.1 Å². The average Bonchev–Trinajstić information content (AvgIpc) is 3.55. The van der Waals surface area contributed by atoms with E-state index >= 15 is 0 Å². The van der Waals surface area contributed by atoms with Crippen molar-refractivity contribution in [2.75, 3.05) is 39.5 Å². The SMILES string of the molecule is O=C(CN1C(=O)[C@@H]2[C@@H](C1=O)[C@H]1C=C[C@H]2C1)N1CCN(Cc2ccc3c(c2)OCO3)CC1. The fraction of sp³-hybridized carbons (Fsp3) is 0.522. The topological polar surface area (TPSA) is 79.4 Å². The lowest BCUT2D eigenvalue weighted by atomic mass is 9.85. The van der Waals surface area contributed by atoms with Gasteiger partial charge >= 0.3 is 0 Å². The van der Waals surface area contributed by atoms with E-state index in [4.69, 9.17) is 9.47 Å². The average molecular weight is 423 g/mol. The summed E-state index contributed by atoms with van der Waals surface area (Å²) in [6.45, 7) is 3.62. The fourth-order valence-electron chi connectivity index (χ4n) is 5.81. The van der Waals surface area contributed by atoms with Crippen molar-refractivity contribution in [2.24, 2.45) is 23.7 Å². The first-order valence-corrected chi connectivity index (χ1v) is 11.0. The van der Waals surface area contributed by atoms with E-state index < -0.39 is 0 Å². The number of amides is 3. The minimum atomic E-state index is -0.242. The Hall–Kier alpha value is -2.87. The predicted molar refractivity (Wildman–Crippen MR) is 109 cm³/mol. The van der Waals surface area contributed by atoms with Crippen LogP contribution in [0.2, 0.25) is 0 Å². The Labute approximate surface area is 180 Å². The van der Waals surface area contributed by atoms with Gasteiger partial charge in [0.25, 0.3) is 0 Å². The summed E-state index contributed by atoms with van der Waals surface area (Å²) in [7, 11) is 0. The monoisotopic (exact) mass is 423 g/mol. The number of imide groups is 1. The molecular weight excluding hydrogens is 398 g/mol. The predicted octanol–water partition coefficient (Wildman–Crippen LogP) is 0.867. The molecule has 5 aliphatic rings. The van der Waals surface area contributed by atoms with Gasteiger partial charge in [0.05, 0.1) is 11.8 Å². The second-order valence-electron chi connectivity index (χ2n) is 9.11. The van der Waals surface area contributed by atoms with Crippen LogP contribution in [0.3, 0.4) is 0 Å². The number of likely N-dealkylation sites (tertiary alicyclic amines) is 1. The summed E-state index contributed by atoms with van der Waals surface area (Å²) in [5, 5.41) is 0. The zero-order chi connectivity index (χ0) is 21.1. The molecule has 0 spiro atoms. The van der Waals surface area contributed by atoms with Crippen molar-refractivity contribution in [2.45, 2.75) is 13.0 Å². The molecule has 0 N–H and O–H groups in total. The molecular formula is C23H25N3O5. The van der Waals surface area contributed by atoms with Crippen molar-refractivity contribution in [3.63, 3.8) is 0 Å². The minimum absolute atomic E-state index is 0.119. The molecule has 3 amide bonds. The van der Waals surface area contributed by atoms with E-state index in [0.29, 0.717) is 13.1 Å². The van der Waals surface area contributed by atoms with Gasteiger partial charge in [0.15, 0.2) is 11.5 Å². The summed E-state index contributed by atoms with van der Waals surface area (Å²) >= 11 is 0. The highest BCUT2D eigenvalue weighted by Gasteiger charge is 2.59. The van der Waals surface area contributed by atoms with Crippen LogP contribution >= 0.6 is 0 Å². The lowest BCUT2D eigenvalue weighted by molar-refractivity contribution is -0.147. The van der Waals surface area contributed by atoms with Crippen molar-refractivity contribution >= 4 is 17.7 Å². The van der Waals surface area contributed by atoms with Crippen molar-refractivity contribution in [3.05, 3.63) is 35.9 Å². The first-order chi connectivity index (χ1) is 15.1. The third kappa shape index (κ3) is 3.04. The Morgan fingerprint density at radius 2 is 1.61 bits per heavy atom. The molecule has 2 bridgehead atoms. The van der Waals surface area contributed by atoms with E-state index in [-0.39, 0.29) is 54.7 Å². The summed E-state index contributed by atoms with van der Waals surface area (Å²) < 4.78 is 10.8. The van der Waals surface area contributed by atoms with Crippen molar-refractivity contribution < 1.29 is 23.9 Å². The van der Waals surface area contributed by atoms with Gasteiger partial charge in [-0.1, -0.05) is 18.2 Å². The molecule has 162 valence electrons. The number of carbonyl (C=O) groups is 3. The molecule has 3 fully saturated rings. The first-order valence-electron chi connectivity index (χ1n) is 11.0. The summed E-state index contributed by atoms with van der Waals surface area (Å²) in [5.74, 6) is 0.978. The zero-order valence-electron chi connectivity index (χ0n) is 17.2. The van der Waals surface area contributed by atoms with E-state index in [1.807, 2.05) is 18.2 Å². The quantitative estimate of drug-likeness (QED) is 0.528. The fourth-order valence-corrected chi connectivity index (χ4v) is 5.81. The molecule has 31 heavy (non-hydrogen) atoms. The molecule has 0 aromatic heterocycles. The van der Waals surface area contributed by atoms with Gasteiger partial charge in [-0.15, -0.1) is 0 Å². The maximum Gasteiger partial charge on any atom is 0.242 e. The van der Waals surface area contributed by atoms with Crippen LogP contribution in [0.5, 0.6) is 11.5 Å². The second-order valence-corrected chi connectivity index (χ2v) is 9.11. The number of benzene rings is 1. The largest absolute Gasteiger partial charge is 0.454 e. The Morgan fingerprint density at radius 1 is 0.935 bits per heavy atom. The molecule has 0 radical (unpaired) electrons. The van der Waals surface area contributed by atoms with Crippen LogP contribution in [0.25, 0.3) is 0 Å². The van der Waals surface area contributed by atoms with Gasteiger partial charge in [0, 0.05) is 32.7 Å². The van der Waals surface area contributed by atoms with Crippen LogP contribution in [-0.2, 0) is 20.9 Å². The Kier molecular flexibility index (Phi) is 4.31. The van der Waals surface area contributed by atoms with Crippen LogP contribution < -0.4 is 9.47 Å². The Morgan fingerprint density at radius 3 is 2.32 bits per heavy atom. The molecule has 3 heterocycles. The van der Waals surface area contributed by atoms with Gasteiger partial charge in [0.2, 0.25) is 24.5 Å². The van der Waals surface area contributed by atoms with Crippen LogP contribution in [0.4, 0.5) is 0 Å². The maximum absolute atomic E-state index is 12.9. The van der Waals surface area contributed by atoms with Crippen molar-refractivity contribution in [1.29, 1.82) is 0 Å². The molecule has 1 saturated carbocycles. The van der Waals surface area contributed by atoms with Crippen LogP contribution in [0.15, 0.2) is 30.4 Å². The molecule has 1 aromatic rings. The third-order valence-corrected chi connectivity index (χ3v) is 7.42. The summed E-state index contributed by atoms with van der Waals surface area (Å²) in [6.07, 6.45) is 5.04. The van der Waals surface area contributed by atoms with Crippen molar-refractivity contribution in [1.82, 2.24) is 14.7 Å². The number of piperazine rings is 1. The Bertz CT molecular complexity index is 953. The summed E-state index contributed by atoms with van der Waals surface area (Å²) in [6, 6.07) is 5.97. The van der Waals surface area contributed by atoms with E-state index in [1.165, 1.54) is 4.90 Å². The third-order valence-electron chi connectivity index (χ3n) is 7.42. The Balaban J connectivity index is 1.03. The summed E-state index contributed by atoms with van der Waals surface area (Å²) in [4.78, 5) is 43.8. The van der Waals surface area contributed by atoms with Gasteiger partial charge in [-0.2, -0.15) is 0 Å². The number of hydrogen-bond acceptors (Lipinski definition) is 6. The lowest BCUT2D eigenvalue weighted by Gasteiger charge is -2.35. The molecule has 2 saturated heterocycles. The summed E-state index contributed by atoms with van der Waals surface area (Å²) in [5.41, 5.74) is 1.15. The standard InChI is InChI=1S/C23H25N3O5/c27-19(12-26-22(28)20-15-2-3-16(10-15)21(20)23(26)29)25-7-5-24(6-8-25)11-14-1-4-17-18(9-14)31-13-30-17/h1-4,9,15-16,20-21H,5-8,10-13H2/t15-,16-,20-,21-/m0/s1. The first kappa shape index (κ1) is 18.9. The maximum atomic E-state index is 12.9. The molecule has 4 atom stereocenters. The highest BCUT2D eigenvalue weighted by molar-refractivity contribution is 6.08. The second kappa shape index (κ2) is 7.09. The van der Waals surface area contributed by atoms with Gasteiger partial charge in [0.1, 0.15) is 6.54 Å². The van der Waals surface area contributed by atoms with Gasteiger partial charge in [-0.05, 0) is 36.0 Å². The zero-order valence-corrected chi connectivity index (χ0v) is 17.2. The number of nitrogens with zero attached hydrogens (tertiary/aromatic N) is 3. The molecule has 3 aliphatic heterocycles. The molecule has 1 aromatic carbocycles. The number of carbonyl (C=O) groups excluding carboxylic acids is 3. The smallest absolute Gasteiger partial charge is 0.242 e. The normalized spacial score (nSPS) is 31.1. The highest BCUT2D eigenvalue weighted by Crippen LogP contribution is 2.52.